The zero-order valence-electron chi connectivity index (χ0n) is 20.5. The van der Waals surface area contributed by atoms with E-state index in [0.29, 0.717) is 34.3 Å². The third-order valence-electron chi connectivity index (χ3n) is 4.85. The lowest BCUT2D eigenvalue weighted by Crippen LogP contribution is -2.25. The van der Waals surface area contributed by atoms with Crippen molar-refractivity contribution >= 4 is 35.2 Å². The van der Waals surface area contributed by atoms with Gasteiger partial charge >= 0.3 is 5.97 Å². The summed E-state index contributed by atoms with van der Waals surface area (Å²) in [6.07, 6.45) is 1.46. The van der Waals surface area contributed by atoms with Gasteiger partial charge in [-0.1, -0.05) is 41.6 Å². The van der Waals surface area contributed by atoms with Gasteiger partial charge in [-0.15, -0.1) is 16.8 Å². The smallest absolute Gasteiger partial charge is 0.338 e. The first-order chi connectivity index (χ1) is 17.3. The molecule has 1 aromatic heterocycles. The Morgan fingerprint density at radius 2 is 1.86 bits per heavy atom. The second-order valence-corrected chi connectivity index (χ2v) is 9.16. The van der Waals surface area contributed by atoms with Gasteiger partial charge in [-0.25, -0.2) is 4.79 Å². The number of esters is 1. The second-order valence-electron chi connectivity index (χ2n) is 8.22. The van der Waals surface area contributed by atoms with Gasteiger partial charge in [0.2, 0.25) is 5.91 Å². The minimum atomic E-state index is -0.449. The maximum Gasteiger partial charge on any atom is 0.338 e. The largest absolute Gasteiger partial charge is 0.459 e. The number of carbonyl (C=O) groups is 3. The van der Waals surface area contributed by atoms with Crippen LogP contribution in [0.1, 0.15) is 46.0 Å². The van der Waals surface area contributed by atoms with Gasteiger partial charge in [0.15, 0.2) is 11.0 Å². The Morgan fingerprint density at radius 1 is 1.11 bits per heavy atom. The molecule has 9 nitrogen and oxygen atoms in total. The number of allylic oxidation sites excluding steroid dienone is 1. The number of nitrogens with one attached hydrogen (secondary N) is 2. The summed E-state index contributed by atoms with van der Waals surface area (Å²) in [5.74, 6) is -0.298. The van der Waals surface area contributed by atoms with Crippen molar-refractivity contribution in [3.63, 3.8) is 0 Å². The van der Waals surface area contributed by atoms with Crippen LogP contribution in [0.5, 0.6) is 0 Å². The number of thioether (sulfide) groups is 1. The van der Waals surface area contributed by atoms with Crippen LogP contribution in [0.15, 0.2) is 66.3 Å². The molecule has 0 unspecified atom stereocenters. The van der Waals surface area contributed by atoms with Crippen molar-refractivity contribution in [3.8, 4) is 0 Å². The van der Waals surface area contributed by atoms with Gasteiger partial charge in [-0.05, 0) is 51.1 Å². The third-order valence-corrected chi connectivity index (χ3v) is 5.82. The normalized spacial score (nSPS) is 10.7. The van der Waals surface area contributed by atoms with Crippen LogP contribution in [-0.4, -0.2) is 44.4 Å². The van der Waals surface area contributed by atoms with Gasteiger partial charge in [-0.3, -0.25) is 9.59 Å². The van der Waals surface area contributed by atoms with Crippen LogP contribution < -0.4 is 10.6 Å². The maximum absolute atomic E-state index is 12.5. The topological polar surface area (TPSA) is 115 Å². The van der Waals surface area contributed by atoms with Crippen molar-refractivity contribution in [3.05, 3.63) is 83.7 Å². The summed E-state index contributed by atoms with van der Waals surface area (Å²) in [5, 5.41) is 14.5. The molecule has 0 saturated carbocycles. The molecule has 2 amide bonds. The summed E-state index contributed by atoms with van der Waals surface area (Å²) >= 11 is 1.21. The molecule has 0 spiro atoms. The standard InChI is InChI=1S/C26H29N5O4S/c1-5-12-31-22(15-27-24(33)19-9-6-8-18(4)13-19)29-30-26(31)36-16-23(32)28-21-11-7-10-20(14-21)25(34)35-17(2)3/h5-11,13-14,17H,1,12,15-16H2,2-4H3,(H,27,33)(H,28,32). The number of aryl methyl sites for hydroxylation is 1. The molecule has 36 heavy (non-hydrogen) atoms. The third kappa shape index (κ3) is 7.54. The molecule has 0 aliphatic rings. The van der Waals surface area contributed by atoms with Crippen molar-refractivity contribution in [1.29, 1.82) is 0 Å². The lowest BCUT2D eigenvalue weighted by molar-refractivity contribution is -0.113. The number of hydrogen-bond donors (Lipinski definition) is 2. The quantitative estimate of drug-likeness (QED) is 0.229. The lowest BCUT2D eigenvalue weighted by Gasteiger charge is -2.10. The highest BCUT2D eigenvalue weighted by atomic mass is 32.2. The number of aromatic nitrogens is 3. The molecule has 1 heterocycles. The first kappa shape index (κ1) is 26.7. The number of rotatable bonds is 11. The number of nitrogens with zero attached hydrogens (tertiary/aromatic N) is 3. The Bertz CT molecular complexity index is 1250. The van der Waals surface area contributed by atoms with Crippen molar-refractivity contribution in [2.75, 3.05) is 11.1 Å². The molecule has 10 heteroatoms. The summed E-state index contributed by atoms with van der Waals surface area (Å²) in [6, 6.07) is 13.9. The van der Waals surface area contributed by atoms with Crippen molar-refractivity contribution in [2.24, 2.45) is 0 Å². The molecule has 188 valence electrons. The highest BCUT2D eigenvalue weighted by molar-refractivity contribution is 7.99. The molecule has 0 aliphatic heterocycles. The highest BCUT2D eigenvalue weighted by Gasteiger charge is 2.16. The number of benzene rings is 2. The first-order valence-electron chi connectivity index (χ1n) is 11.4. The number of ether oxygens (including phenoxy) is 1. The van der Waals surface area contributed by atoms with Gasteiger partial charge in [0.1, 0.15) is 0 Å². The maximum atomic E-state index is 12.5. The minimum Gasteiger partial charge on any atom is -0.459 e. The zero-order valence-corrected chi connectivity index (χ0v) is 21.3. The van der Waals surface area contributed by atoms with Crippen LogP contribution >= 0.6 is 11.8 Å². The molecule has 0 atom stereocenters. The molecule has 0 radical (unpaired) electrons. The first-order valence-corrected chi connectivity index (χ1v) is 12.4. The molecule has 0 fully saturated rings. The number of hydrogen-bond acceptors (Lipinski definition) is 7. The summed E-state index contributed by atoms with van der Waals surface area (Å²) in [5.41, 5.74) is 2.41. The molecule has 3 rings (SSSR count). The Balaban J connectivity index is 1.59. The van der Waals surface area contributed by atoms with E-state index in [4.69, 9.17) is 4.74 Å². The van der Waals surface area contributed by atoms with E-state index in [1.807, 2.05) is 25.1 Å². The fourth-order valence-electron chi connectivity index (χ4n) is 3.25. The Labute approximate surface area is 214 Å². The van der Waals surface area contributed by atoms with E-state index in [9.17, 15) is 14.4 Å². The average Bonchev–Trinajstić information content (AvgIpc) is 3.22. The summed E-state index contributed by atoms with van der Waals surface area (Å²) in [4.78, 5) is 37.1. The van der Waals surface area contributed by atoms with Crippen LogP contribution in [0.25, 0.3) is 0 Å². The summed E-state index contributed by atoms with van der Waals surface area (Å²) in [7, 11) is 0. The fourth-order valence-corrected chi connectivity index (χ4v) is 4.02. The fraction of sp³-hybridized carbons (Fsp3) is 0.269. The molecular weight excluding hydrogens is 478 g/mol. The minimum absolute atomic E-state index is 0.0750. The molecular formula is C26H29N5O4S. The zero-order chi connectivity index (χ0) is 26.1. The lowest BCUT2D eigenvalue weighted by atomic mass is 10.1. The van der Waals surface area contributed by atoms with Gasteiger partial charge in [0.25, 0.3) is 5.91 Å². The van der Waals surface area contributed by atoms with Crippen molar-refractivity contribution in [2.45, 2.75) is 45.1 Å². The molecule has 0 saturated heterocycles. The SMILES string of the molecule is C=CCn1c(CNC(=O)c2cccc(C)c2)nnc1SCC(=O)Nc1cccc(C(=O)OC(C)C)c1. The average molecular weight is 508 g/mol. The number of carbonyl (C=O) groups excluding carboxylic acids is 3. The van der Waals surface area contributed by atoms with E-state index in [1.54, 1.807) is 54.8 Å². The van der Waals surface area contributed by atoms with Crippen LogP contribution in [0, 0.1) is 6.92 Å². The summed E-state index contributed by atoms with van der Waals surface area (Å²) < 4.78 is 6.99. The monoisotopic (exact) mass is 507 g/mol. The Hall–Kier alpha value is -3.92. The van der Waals surface area contributed by atoms with Crippen LogP contribution in [-0.2, 0) is 22.6 Å². The van der Waals surface area contributed by atoms with Gasteiger partial charge in [0, 0.05) is 17.8 Å². The van der Waals surface area contributed by atoms with E-state index in [-0.39, 0.29) is 30.2 Å². The second kappa shape index (κ2) is 12.7. The Morgan fingerprint density at radius 3 is 2.58 bits per heavy atom. The molecule has 2 N–H and O–H groups in total. The molecule has 2 aromatic carbocycles. The van der Waals surface area contributed by atoms with Crippen molar-refractivity contribution in [1.82, 2.24) is 20.1 Å². The van der Waals surface area contributed by atoms with E-state index in [2.05, 4.69) is 27.4 Å². The van der Waals surface area contributed by atoms with E-state index in [0.717, 1.165) is 5.56 Å². The molecule has 0 aliphatic carbocycles. The van der Waals surface area contributed by atoms with E-state index in [1.165, 1.54) is 11.8 Å². The molecule has 0 bridgehead atoms. The van der Waals surface area contributed by atoms with Crippen LogP contribution in [0.4, 0.5) is 5.69 Å². The molecule has 3 aromatic rings. The predicted molar refractivity (Wildman–Crippen MR) is 139 cm³/mol. The highest BCUT2D eigenvalue weighted by Crippen LogP contribution is 2.19. The van der Waals surface area contributed by atoms with Crippen molar-refractivity contribution < 1.29 is 19.1 Å². The van der Waals surface area contributed by atoms with Crippen LogP contribution in [0.3, 0.4) is 0 Å². The van der Waals surface area contributed by atoms with E-state index < -0.39 is 5.97 Å². The van der Waals surface area contributed by atoms with Crippen LogP contribution in [0.2, 0.25) is 0 Å². The number of amides is 2. The Kier molecular flexibility index (Phi) is 9.40. The van der Waals surface area contributed by atoms with E-state index >= 15 is 0 Å². The van der Waals surface area contributed by atoms with Gasteiger partial charge in [0.05, 0.1) is 24.0 Å². The number of anilines is 1. The summed E-state index contributed by atoms with van der Waals surface area (Å²) in [6.45, 7) is 9.85. The van der Waals surface area contributed by atoms with Gasteiger partial charge in [-0.2, -0.15) is 0 Å². The predicted octanol–water partition coefficient (Wildman–Crippen LogP) is 4.00. The van der Waals surface area contributed by atoms with Gasteiger partial charge < -0.3 is 19.9 Å².